The Labute approximate surface area is 190 Å². The molecule has 0 unspecified atom stereocenters. The number of benzene rings is 2. The zero-order chi connectivity index (χ0) is 21.4. The van der Waals surface area contributed by atoms with Gasteiger partial charge < -0.3 is 14.5 Å². The quantitative estimate of drug-likeness (QED) is 0.584. The highest BCUT2D eigenvalue weighted by Crippen LogP contribution is 2.29. The third-order valence-electron chi connectivity index (χ3n) is 5.86. The molecule has 0 aliphatic carbocycles. The Morgan fingerprint density at radius 2 is 1.74 bits per heavy atom. The monoisotopic (exact) mass is 456 g/mol. The van der Waals surface area contributed by atoms with E-state index in [1.807, 2.05) is 64.2 Å². The third-order valence-corrected chi connectivity index (χ3v) is 6.43. The summed E-state index contributed by atoms with van der Waals surface area (Å²) in [6, 6.07) is 17.3. The van der Waals surface area contributed by atoms with Crippen LogP contribution < -0.4 is 4.90 Å². The lowest BCUT2D eigenvalue weighted by Crippen LogP contribution is -2.49. The van der Waals surface area contributed by atoms with E-state index in [1.54, 1.807) is 0 Å². The topological polar surface area (TPSA) is 50.6 Å². The number of aromatic nitrogens is 2. The van der Waals surface area contributed by atoms with E-state index in [0.717, 1.165) is 35.1 Å². The van der Waals surface area contributed by atoms with Gasteiger partial charge in [-0.05, 0) is 35.9 Å². The Morgan fingerprint density at radius 1 is 1.00 bits per heavy atom. The number of halogens is 2. The molecule has 6 nitrogen and oxygen atoms in total. The van der Waals surface area contributed by atoms with Crippen LogP contribution in [0.1, 0.15) is 27.8 Å². The molecule has 0 N–H and O–H groups in total. The lowest BCUT2D eigenvalue weighted by Gasteiger charge is -2.36. The molecule has 0 saturated carbocycles. The second-order valence-electron chi connectivity index (χ2n) is 7.78. The number of fused-ring (bicyclic) bond motifs is 1. The summed E-state index contributed by atoms with van der Waals surface area (Å²) in [5.74, 6) is -0.0382. The van der Waals surface area contributed by atoms with Crippen molar-refractivity contribution in [1.29, 1.82) is 0 Å². The molecule has 2 aliphatic heterocycles. The van der Waals surface area contributed by atoms with Crippen LogP contribution in [0, 0.1) is 0 Å². The van der Waals surface area contributed by atoms with Crippen molar-refractivity contribution in [3.8, 4) is 0 Å². The number of ether oxygens (including phenoxy) is 1. The Kier molecular flexibility index (Phi) is 5.61. The molecule has 1 amide bonds. The van der Waals surface area contributed by atoms with E-state index in [-0.39, 0.29) is 12.0 Å². The van der Waals surface area contributed by atoms with Gasteiger partial charge in [-0.3, -0.25) is 9.48 Å². The number of amides is 1. The predicted molar refractivity (Wildman–Crippen MR) is 121 cm³/mol. The highest BCUT2D eigenvalue weighted by molar-refractivity contribution is 6.33. The minimum atomic E-state index is -0.105. The molecule has 2 aliphatic rings. The van der Waals surface area contributed by atoms with E-state index in [1.165, 1.54) is 0 Å². The van der Waals surface area contributed by atoms with Gasteiger partial charge in [-0.25, -0.2) is 0 Å². The normalized spacial score (nSPS) is 18.7. The summed E-state index contributed by atoms with van der Waals surface area (Å²) in [6.07, 6.45) is -0.105. The summed E-state index contributed by atoms with van der Waals surface area (Å²) in [5, 5.41) is 6.03. The first-order chi connectivity index (χ1) is 15.1. The molecule has 160 valence electrons. The van der Waals surface area contributed by atoms with Crippen LogP contribution in [0.2, 0.25) is 10.0 Å². The smallest absolute Gasteiger partial charge is 0.274 e. The minimum Gasteiger partial charge on any atom is -0.367 e. The van der Waals surface area contributed by atoms with E-state index in [2.05, 4.69) is 10.00 Å². The van der Waals surface area contributed by atoms with Crippen molar-refractivity contribution in [2.45, 2.75) is 19.3 Å². The lowest BCUT2D eigenvalue weighted by atomic mass is 10.1. The van der Waals surface area contributed by atoms with E-state index in [9.17, 15) is 4.79 Å². The van der Waals surface area contributed by atoms with Crippen molar-refractivity contribution in [2.75, 3.05) is 31.1 Å². The van der Waals surface area contributed by atoms with Crippen molar-refractivity contribution in [3.05, 3.63) is 81.6 Å². The van der Waals surface area contributed by atoms with E-state index >= 15 is 0 Å². The molecular formula is C23H22Cl2N4O2. The first kappa shape index (κ1) is 20.4. The molecule has 1 aromatic heterocycles. The number of nitrogens with zero attached hydrogens (tertiary/aromatic N) is 4. The number of carbonyl (C=O) groups is 1. The van der Waals surface area contributed by atoms with Gasteiger partial charge in [-0.1, -0.05) is 47.5 Å². The molecule has 3 heterocycles. The summed E-state index contributed by atoms with van der Waals surface area (Å²) < 4.78 is 7.88. The van der Waals surface area contributed by atoms with Crippen molar-refractivity contribution in [1.82, 2.24) is 14.7 Å². The molecule has 1 fully saturated rings. The number of anilines is 1. The van der Waals surface area contributed by atoms with Gasteiger partial charge in [0.05, 0.1) is 29.6 Å². The van der Waals surface area contributed by atoms with Crippen LogP contribution in [0.5, 0.6) is 0 Å². The number of para-hydroxylation sites is 1. The molecular weight excluding hydrogens is 435 g/mol. The van der Waals surface area contributed by atoms with Gasteiger partial charge in [-0.15, -0.1) is 0 Å². The standard InChI is InChI=1S/C23H22Cl2N4O2/c24-17-7-5-16(6-8-17)22-14-29-18(15-31-22)13-20(26-29)23(30)28-11-9-27(10-12-28)21-4-2-1-3-19(21)25/h1-8,13,22H,9-12,14-15H2/t22-/m1/s1. The van der Waals surface area contributed by atoms with Crippen LogP contribution in [0.4, 0.5) is 5.69 Å². The van der Waals surface area contributed by atoms with Crippen LogP contribution in [0.15, 0.2) is 54.6 Å². The average Bonchev–Trinajstić information content (AvgIpc) is 3.23. The maximum atomic E-state index is 13.1. The molecule has 2 aromatic carbocycles. The van der Waals surface area contributed by atoms with Crippen LogP contribution in [-0.4, -0.2) is 46.8 Å². The number of hydrogen-bond acceptors (Lipinski definition) is 4. The molecule has 3 aromatic rings. The third kappa shape index (κ3) is 4.15. The van der Waals surface area contributed by atoms with Crippen LogP contribution in [0.25, 0.3) is 0 Å². The predicted octanol–water partition coefficient (Wildman–Crippen LogP) is 4.42. The van der Waals surface area contributed by atoms with Gasteiger partial charge in [-0.2, -0.15) is 5.10 Å². The Hall–Kier alpha value is -2.54. The van der Waals surface area contributed by atoms with Crippen molar-refractivity contribution in [3.63, 3.8) is 0 Å². The Morgan fingerprint density at radius 3 is 2.48 bits per heavy atom. The Balaban J connectivity index is 1.25. The van der Waals surface area contributed by atoms with Gasteiger partial charge in [0, 0.05) is 31.2 Å². The summed E-state index contributed by atoms with van der Waals surface area (Å²) in [5.41, 5.74) is 3.46. The lowest BCUT2D eigenvalue weighted by molar-refractivity contribution is -0.00121. The average molecular weight is 457 g/mol. The van der Waals surface area contributed by atoms with Gasteiger partial charge in [0.15, 0.2) is 5.69 Å². The van der Waals surface area contributed by atoms with Crippen molar-refractivity contribution < 1.29 is 9.53 Å². The summed E-state index contributed by atoms with van der Waals surface area (Å²) in [7, 11) is 0. The SMILES string of the molecule is O=C(c1cc2n(n1)C[C@H](c1ccc(Cl)cc1)OC2)N1CCN(c2ccccc2Cl)CC1. The molecule has 0 bridgehead atoms. The minimum absolute atomic E-state index is 0.0382. The van der Waals surface area contributed by atoms with Crippen LogP contribution >= 0.6 is 23.2 Å². The van der Waals surface area contributed by atoms with E-state index in [4.69, 9.17) is 27.9 Å². The molecule has 8 heteroatoms. The first-order valence-electron chi connectivity index (χ1n) is 10.3. The molecule has 31 heavy (non-hydrogen) atoms. The fourth-order valence-electron chi connectivity index (χ4n) is 4.13. The second-order valence-corrected chi connectivity index (χ2v) is 8.63. The molecule has 1 saturated heterocycles. The second kappa shape index (κ2) is 8.54. The summed E-state index contributed by atoms with van der Waals surface area (Å²) in [6.45, 7) is 3.75. The van der Waals surface area contributed by atoms with E-state index < -0.39 is 0 Å². The van der Waals surface area contributed by atoms with Crippen LogP contribution in [-0.2, 0) is 17.9 Å². The van der Waals surface area contributed by atoms with Crippen molar-refractivity contribution in [2.24, 2.45) is 0 Å². The van der Waals surface area contributed by atoms with Gasteiger partial charge in [0.2, 0.25) is 0 Å². The van der Waals surface area contributed by atoms with Gasteiger partial charge >= 0.3 is 0 Å². The number of piperazine rings is 1. The highest BCUT2D eigenvalue weighted by Gasteiger charge is 2.28. The van der Waals surface area contributed by atoms with E-state index in [0.29, 0.717) is 37.0 Å². The highest BCUT2D eigenvalue weighted by atomic mass is 35.5. The summed E-state index contributed by atoms with van der Waals surface area (Å²) >= 11 is 12.3. The molecule has 1 atom stereocenters. The first-order valence-corrected chi connectivity index (χ1v) is 11.1. The van der Waals surface area contributed by atoms with Crippen molar-refractivity contribution >= 4 is 34.8 Å². The maximum Gasteiger partial charge on any atom is 0.274 e. The zero-order valence-electron chi connectivity index (χ0n) is 16.9. The maximum absolute atomic E-state index is 13.1. The zero-order valence-corrected chi connectivity index (χ0v) is 18.4. The van der Waals surface area contributed by atoms with Crippen LogP contribution in [0.3, 0.4) is 0 Å². The van der Waals surface area contributed by atoms with Gasteiger partial charge in [0.25, 0.3) is 5.91 Å². The molecule has 5 rings (SSSR count). The number of rotatable bonds is 3. The largest absolute Gasteiger partial charge is 0.367 e. The number of hydrogen-bond donors (Lipinski definition) is 0. The number of carbonyl (C=O) groups excluding carboxylic acids is 1. The van der Waals surface area contributed by atoms with Gasteiger partial charge in [0.1, 0.15) is 6.10 Å². The summed E-state index contributed by atoms with van der Waals surface area (Å²) in [4.78, 5) is 17.1. The fourth-order valence-corrected chi connectivity index (χ4v) is 4.51. The molecule has 0 radical (unpaired) electrons. The fraction of sp³-hybridized carbons (Fsp3) is 0.304. The molecule has 0 spiro atoms. The Bertz CT molecular complexity index is 1090.